The molecule has 2 fully saturated rings. The van der Waals surface area contributed by atoms with Gasteiger partial charge < -0.3 is 34.6 Å². The second-order valence-electron chi connectivity index (χ2n) is 6.42. The first-order valence-corrected chi connectivity index (χ1v) is 8.24. The Morgan fingerprint density at radius 1 is 1.23 bits per heavy atom. The third-order valence-corrected chi connectivity index (χ3v) is 4.64. The third-order valence-electron chi connectivity index (χ3n) is 4.64. The largest absolute Gasteiger partial charge is 0.394 e. The van der Waals surface area contributed by atoms with E-state index in [4.69, 9.17) is 14.2 Å². The number of rotatable bonds is 4. The molecule has 2 saturated heterocycles. The molecule has 3 rings (SSSR count). The van der Waals surface area contributed by atoms with Crippen LogP contribution in [0.1, 0.15) is 19.6 Å². The van der Waals surface area contributed by atoms with Gasteiger partial charge in [-0.2, -0.15) is 0 Å². The van der Waals surface area contributed by atoms with Gasteiger partial charge in [0.2, 0.25) is 0 Å². The molecule has 0 radical (unpaired) electrons. The Kier molecular flexibility index (Phi) is 5.58. The highest BCUT2D eigenvalue weighted by Crippen LogP contribution is 2.32. The second-order valence-corrected chi connectivity index (χ2v) is 6.42. The van der Waals surface area contributed by atoms with Gasteiger partial charge in [-0.25, -0.2) is 4.79 Å². The van der Waals surface area contributed by atoms with Crippen molar-refractivity contribution in [1.82, 2.24) is 9.55 Å². The fourth-order valence-electron chi connectivity index (χ4n) is 3.13. The summed E-state index contributed by atoms with van der Waals surface area (Å²) in [6.45, 7) is 1.11. The van der Waals surface area contributed by atoms with E-state index in [-0.39, 0.29) is 6.42 Å². The van der Waals surface area contributed by atoms with Gasteiger partial charge in [-0.1, -0.05) is 0 Å². The normalized spacial score (nSPS) is 40.7. The first-order chi connectivity index (χ1) is 12.3. The van der Waals surface area contributed by atoms with E-state index in [0.717, 1.165) is 4.57 Å². The van der Waals surface area contributed by atoms with Crippen LogP contribution >= 0.6 is 0 Å². The van der Waals surface area contributed by atoms with E-state index < -0.39 is 67.0 Å². The van der Waals surface area contributed by atoms with E-state index in [9.17, 15) is 30.0 Å². The summed E-state index contributed by atoms with van der Waals surface area (Å²) in [5.41, 5.74) is -1.21. The number of nitrogens with zero attached hydrogens (tertiary/aromatic N) is 1. The molecule has 0 aromatic carbocycles. The summed E-state index contributed by atoms with van der Waals surface area (Å²) in [4.78, 5) is 25.2. The highest BCUT2D eigenvalue weighted by Gasteiger charge is 2.46. The molecule has 2 aliphatic rings. The van der Waals surface area contributed by atoms with E-state index in [1.807, 2.05) is 0 Å². The topological polar surface area (TPSA) is 163 Å². The van der Waals surface area contributed by atoms with Crippen molar-refractivity contribution in [2.45, 2.75) is 62.5 Å². The lowest BCUT2D eigenvalue weighted by atomic mass is 10.00. The van der Waals surface area contributed by atoms with Crippen LogP contribution in [0.2, 0.25) is 0 Å². The molecule has 11 nitrogen and oxygen atoms in total. The molecule has 26 heavy (non-hydrogen) atoms. The number of nitrogens with one attached hydrogen (secondary N) is 1. The average Bonchev–Trinajstić information content (AvgIpc) is 3.00. The Labute approximate surface area is 147 Å². The van der Waals surface area contributed by atoms with Crippen LogP contribution in [0, 0.1) is 0 Å². The van der Waals surface area contributed by atoms with Crippen LogP contribution in [-0.2, 0) is 14.2 Å². The maximum Gasteiger partial charge on any atom is 0.330 e. The van der Waals surface area contributed by atoms with Crippen molar-refractivity contribution >= 4 is 0 Å². The summed E-state index contributed by atoms with van der Waals surface area (Å²) in [5.74, 6) is 0. The number of aromatic amines is 1. The van der Waals surface area contributed by atoms with E-state index in [2.05, 4.69) is 4.98 Å². The Bertz CT molecular complexity index is 734. The van der Waals surface area contributed by atoms with Crippen LogP contribution < -0.4 is 11.2 Å². The van der Waals surface area contributed by atoms with Crippen molar-refractivity contribution in [3.8, 4) is 0 Å². The van der Waals surface area contributed by atoms with Crippen LogP contribution in [0.3, 0.4) is 0 Å². The molecule has 0 bridgehead atoms. The lowest BCUT2D eigenvalue weighted by Crippen LogP contribution is -2.58. The first-order valence-electron chi connectivity index (χ1n) is 8.24. The highest BCUT2D eigenvalue weighted by molar-refractivity contribution is 4.91. The second kappa shape index (κ2) is 7.56. The molecule has 11 heteroatoms. The molecule has 0 saturated carbocycles. The smallest absolute Gasteiger partial charge is 0.330 e. The fourth-order valence-corrected chi connectivity index (χ4v) is 3.13. The zero-order valence-corrected chi connectivity index (χ0v) is 14.0. The Hall–Kier alpha value is -1.60. The van der Waals surface area contributed by atoms with Crippen LogP contribution in [-0.4, -0.2) is 79.5 Å². The van der Waals surface area contributed by atoms with Gasteiger partial charge in [0.05, 0.1) is 18.8 Å². The summed E-state index contributed by atoms with van der Waals surface area (Å²) in [5, 5.41) is 39.1. The molecule has 0 amide bonds. The monoisotopic (exact) mass is 374 g/mol. The van der Waals surface area contributed by atoms with E-state index in [1.54, 1.807) is 0 Å². The summed E-state index contributed by atoms with van der Waals surface area (Å²) >= 11 is 0. The number of aliphatic hydroxyl groups is 4. The van der Waals surface area contributed by atoms with Gasteiger partial charge in [-0.05, 0) is 6.92 Å². The molecule has 3 heterocycles. The number of hydrogen-bond acceptors (Lipinski definition) is 9. The molecule has 0 unspecified atom stereocenters. The minimum Gasteiger partial charge on any atom is -0.394 e. The van der Waals surface area contributed by atoms with Crippen molar-refractivity contribution in [2.24, 2.45) is 0 Å². The molecule has 8 atom stereocenters. The summed E-state index contributed by atoms with van der Waals surface area (Å²) in [6.07, 6.45) is -7.16. The van der Waals surface area contributed by atoms with Gasteiger partial charge in [0.15, 0.2) is 6.29 Å². The average molecular weight is 374 g/mol. The van der Waals surface area contributed by atoms with E-state index in [1.165, 1.54) is 19.2 Å². The predicted molar refractivity (Wildman–Crippen MR) is 84.2 cm³/mol. The summed E-state index contributed by atoms with van der Waals surface area (Å²) < 4.78 is 17.8. The van der Waals surface area contributed by atoms with Gasteiger partial charge in [0.25, 0.3) is 5.56 Å². The zero-order valence-electron chi connectivity index (χ0n) is 14.0. The summed E-state index contributed by atoms with van der Waals surface area (Å²) in [6, 6.07) is 1.17. The van der Waals surface area contributed by atoms with Crippen molar-refractivity contribution in [3.05, 3.63) is 33.1 Å². The van der Waals surface area contributed by atoms with E-state index >= 15 is 0 Å². The number of aliphatic hydroxyl groups excluding tert-OH is 4. The highest BCUT2D eigenvalue weighted by atomic mass is 16.7. The minimum atomic E-state index is -1.49. The third kappa shape index (κ3) is 3.60. The van der Waals surface area contributed by atoms with Crippen LogP contribution in [0.4, 0.5) is 0 Å². The lowest BCUT2D eigenvalue weighted by Gasteiger charge is -2.40. The Morgan fingerprint density at radius 3 is 2.62 bits per heavy atom. The molecule has 0 spiro atoms. The quantitative estimate of drug-likeness (QED) is 0.370. The standard InChI is InChI=1S/C15H22N2O9/c1-6-11(20)12(21)13(22)14(24-6)26-7-4-10(25-8(7)5-18)17-3-2-9(19)16-15(17)23/h2-3,6-8,10-14,18,20-22H,4-5H2,1H3,(H,16,19,23)/t6-,7-,8+,10+,11+,12+,13-,14-/m0/s1. The lowest BCUT2D eigenvalue weighted by molar-refractivity contribution is -0.307. The fraction of sp³-hybridized carbons (Fsp3) is 0.733. The van der Waals surface area contributed by atoms with Crippen LogP contribution in [0.5, 0.6) is 0 Å². The van der Waals surface area contributed by atoms with Crippen molar-refractivity contribution in [2.75, 3.05) is 6.61 Å². The maximum absolute atomic E-state index is 11.9. The number of H-pyrrole nitrogens is 1. The van der Waals surface area contributed by atoms with Crippen LogP contribution in [0.25, 0.3) is 0 Å². The van der Waals surface area contributed by atoms with Gasteiger partial charge in [0.1, 0.15) is 30.6 Å². The number of ether oxygens (including phenoxy) is 3. The molecule has 0 aliphatic carbocycles. The zero-order chi connectivity index (χ0) is 19.0. The van der Waals surface area contributed by atoms with Gasteiger partial charge in [-0.3, -0.25) is 14.3 Å². The molecular weight excluding hydrogens is 352 g/mol. The molecule has 2 aliphatic heterocycles. The number of aromatic nitrogens is 2. The van der Waals surface area contributed by atoms with Crippen molar-refractivity contribution in [1.29, 1.82) is 0 Å². The van der Waals surface area contributed by atoms with Gasteiger partial charge in [0, 0.05) is 18.7 Å². The molecule has 1 aromatic rings. The molecule has 5 N–H and O–H groups in total. The number of hydrogen-bond donors (Lipinski definition) is 5. The van der Waals surface area contributed by atoms with Crippen molar-refractivity contribution < 1.29 is 34.6 Å². The predicted octanol–water partition coefficient (Wildman–Crippen LogP) is -2.97. The Balaban J connectivity index is 1.73. The SMILES string of the molecule is C[C@@H]1O[C@@H](O[C@H]2C[C@H](n3ccc(=O)[nH]c3=O)O[C@@H]2CO)[C@@H](O)[C@H](O)[C@@H]1O. The van der Waals surface area contributed by atoms with Gasteiger partial charge >= 0.3 is 5.69 Å². The molecule has 146 valence electrons. The minimum absolute atomic E-state index is 0.136. The van der Waals surface area contributed by atoms with Crippen molar-refractivity contribution in [3.63, 3.8) is 0 Å². The van der Waals surface area contributed by atoms with Gasteiger partial charge in [-0.15, -0.1) is 0 Å². The molecular formula is C15H22N2O9. The summed E-state index contributed by atoms with van der Waals surface area (Å²) in [7, 11) is 0. The maximum atomic E-state index is 11.9. The van der Waals surface area contributed by atoms with Crippen LogP contribution in [0.15, 0.2) is 21.9 Å². The molecule has 1 aromatic heterocycles. The Morgan fingerprint density at radius 2 is 1.96 bits per heavy atom. The first kappa shape index (κ1) is 19.2. The van der Waals surface area contributed by atoms with E-state index in [0.29, 0.717) is 0 Å².